The number of hydrogen-bond acceptors (Lipinski definition) is 5. The Balaban J connectivity index is 1.78. The van der Waals surface area contributed by atoms with Crippen LogP contribution in [0.3, 0.4) is 0 Å². The Morgan fingerprint density at radius 3 is 2.55 bits per heavy atom. The molecule has 158 valence electrons. The fraction of sp³-hybridized carbons (Fsp3) is 0.250. The first-order valence-electron chi connectivity index (χ1n) is 10.4. The number of ether oxygens (including phenoxy) is 1. The summed E-state index contributed by atoms with van der Waals surface area (Å²) in [4.78, 5) is 27.0. The molecule has 1 atom stereocenters. The van der Waals surface area contributed by atoms with Gasteiger partial charge in [-0.1, -0.05) is 48.5 Å². The van der Waals surface area contributed by atoms with Crippen LogP contribution < -0.4 is 15.2 Å². The van der Waals surface area contributed by atoms with E-state index in [9.17, 15) is 14.7 Å². The van der Waals surface area contributed by atoms with Crippen molar-refractivity contribution in [2.75, 3.05) is 24.8 Å². The van der Waals surface area contributed by atoms with Crippen molar-refractivity contribution in [3.63, 3.8) is 0 Å². The van der Waals surface area contributed by atoms with E-state index in [4.69, 9.17) is 4.74 Å². The first-order valence-corrected chi connectivity index (χ1v) is 10.4. The zero-order chi connectivity index (χ0) is 21.4. The molecule has 0 spiro atoms. The number of benzene rings is 2. The van der Waals surface area contributed by atoms with Crippen molar-refractivity contribution >= 4 is 5.91 Å². The van der Waals surface area contributed by atoms with Crippen molar-refractivity contribution in [2.24, 2.45) is 0 Å². The molecule has 5 rings (SSSR count). The van der Waals surface area contributed by atoms with E-state index < -0.39 is 11.2 Å². The molecule has 2 aromatic carbocycles. The Labute approximate surface area is 179 Å². The molecule has 0 aliphatic carbocycles. The minimum atomic E-state index is -0.564. The standard InChI is InChI=1S/C24H23N3O4/c28-19-12-14-26-22(23(19)29)24(30)25-13-6-7-15-31-20-11-5-4-10-18(20)21(27(26)16-25)17-8-2-1-3-9-17/h1-5,8-12,14,21,29H,6-7,13,15-16H2/t21-/m0/s1. The summed E-state index contributed by atoms with van der Waals surface area (Å²) in [5.41, 5.74) is 1.40. The molecular weight excluding hydrogens is 394 g/mol. The lowest BCUT2D eigenvalue weighted by Gasteiger charge is -2.44. The van der Waals surface area contributed by atoms with Crippen LogP contribution in [0.2, 0.25) is 0 Å². The number of hydrogen-bond donors (Lipinski definition) is 1. The van der Waals surface area contributed by atoms with E-state index in [-0.39, 0.29) is 17.6 Å². The molecule has 1 amide bonds. The van der Waals surface area contributed by atoms with E-state index in [1.54, 1.807) is 15.8 Å². The lowest BCUT2D eigenvalue weighted by atomic mass is 9.97. The summed E-state index contributed by atoms with van der Waals surface area (Å²) in [6, 6.07) is 18.9. The summed E-state index contributed by atoms with van der Waals surface area (Å²) < 4.78 is 7.75. The highest BCUT2D eigenvalue weighted by molar-refractivity contribution is 5.96. The molecule has 31 heavy (non-hydrogen) atoms. The first kappa shape index (κ1) is 19.2. The number of carbonyl (C=O) groups excluding carboxylic acids is 1. The van der Waals surface area contributed by atoms with Gasteiger partial charge in [0.25, 0.3) is 5.91 Å². The molecule has 0 saturated heterocycles. The highest BCUT2D eigenvalue weighted by Gasteiger charge is 2.37. The van der Waals surface area contributed by atoms with Gasteiger partial charge in [-0.15, -0.1) is 0 Å². The number of aromatic hydroxyl groups is 1. The molecule has 7 nitrogen and oxygen atoms in total. The first-order chi connectivity index (χ1) is 15.1. The van der Waals surface area contributed by atoms with Gasteiger partial charge >= 0.3 is 0 Å². The number of pyridine rings is 1. The maximum atomic E-state index is 13.2. The fourth-order valence-electron chi connectivity index (χ4n) is 4.34. The summed E-state index contributed by atoms with van der Waals surface area (Å²) >= 11 is 0. The topological polar surface area (TPSA) is 75.0 Å². The SMILES string of the molecule is O=C1c2c(O)c(=O)ccn2N2CN1CCCCOc1ccccc1[C@@H]2c1ccccc1. The number of carbonyl (C=O) groups is 1. The van der Waals surface area contributed by atoms with Crippen LogP contribution in [-0.2, 0) is 0 Å². The minimum absolute atomic E-state index is 0.00247. The predicted molar refractivity (Wildman–Crippen MR) is 116 cm³/mol. The van der Waals surface area contributed by atoms with Crippen LogP contribution >= 0.6 is 0 Å². The molecule has 2 aliphatic rings. The Morgan fingerprint density at radius 1 is 0.935 bits per heavy atom. The van der Waals surface area contributed by atoms with Gasteiger partial charge in [-0.05, 0) is 24.5 Å². The molecular formula is C24H23N3O4. The third kappa shape index (κ3) is 3.32. The van der Waals surface area contributed by atoms with Crippen LogP contribution in [-0.4, -0.2) is 40.4 Å². The largest absolute Gasteiger partial charge is 0.502 e. The Bertz CT molecular complexity index is 1170. The molecule has 1 N–H and O–H groups in total. The van der Waals surface area contributed by atoms with Gasteiger partial charge in [0.1, 0.15) is 18.5 Å². The summed E-state index contributed by atoms with van der Waals surface area (Å²) in [7, 11) is 0. The summed E-state index contributed by atoms with van der Waals surface area (Å²) in [6.07, 6.45) is 3.11. The monoisotopic (exact) mass is 417 g/mol. The third-order valence-corrected chi connectivity index (χ3v) is 5.84. The minimum Gasteiger partial charge on any atom is -0.502 e. The smallest absolute Gasteiger partial charge is 0.277 e. The lowest BCUT2D eigenvalue weighted by Crippen LogP contribution is -2.55. The van der Waals surface area contributed by atoms with Gasteiger partial charge in [0.15, 0.2) is 11.4 Å². The number of para-hydroxylation sites is 1. The van der Waals surface area contributed by atoms with Crippen LogP contribution in [0.25, 0.3) is 0 Å². The molecule has 0 radical (unpaired) electrons. The van der Waals surface area contributed by atoms with E-state index in [0.717, 1.165) is 29.7 Å². The normalized spacial score (nSPS) is 18.5. The van der Waals surface area contributed by atoms with Crippen LogP contribution in [0.4, 0.5) is 0 Å². The van der Waals surface area contributed by atoms with Crippen molar-refractivity contribution in [3.05, 3.63) is 93.9 Å². The molecule has 2 bridgehead atoms. The highest BCUT2D eigenvalue weighted by atomic mass is 16.5. The van der Waals surface area contributed by atoms with Crippen LogP contribution in [0.15, 0.2) is 71.7 Å². The second-order valence-corrected chi connectivity index (χ2v) is 7.78. The van der Waals surface area contributed by atoms with Crippen molar-refractivity contribution in [3.8, 4) is 11.5 Å². The number of nitrogens with zero attached hydrogens (tertiary/aromatic N) is 3. The fourth-order valence-corrected chi connectivity index (χ4v) is 4.34. The molecule has 3 heterocycles. The Morgan fingerprint density at radius 2 is 1.71 bits per heavy atom. The average molecular weight is 417 g/mol. The molecule has 0 saturated carbocycles. The van der Waals surface area contributed by atoms with Crippen molar-refractivity contribution in [2.45, 2.75) is 18.9 Å². The van der Waals surface area contributed by atoms with Crippen molar-refractivity contribution in [1.29, 1.82) is 0 Å². The van der Waals surface area contributed by atoms with E-state index in [0.29, 0.717) is 19.8 Å². The Hall–Kier alpha value is -3.74. The molecule has 3 aromatic rings. The van der Waals surface area contributed by atoms with Crippen LogP contribution in [0, 0.1) is 0 Å². The highest BCUT2D eigenvalue weighted by Crippen LogP contribution is 2.37. The third-order valence-electron chi connectivity index (χ3n) is 5.84. The van der Waals surface area contributed by atoms with E-state index in [2.05, 4.69) is 0 Å². The maximum Gasteiger partial charge on any atom is 0.277 e. The zero-order valence-electron chi connectivity index (χ0n) is 17.0. The summed E-state index contributed by atoms with van der Waals surface area (Å²) in [5, 5.41) is 12.5. The maximum absolute atomic E-state index is 13.2. The van der Waals surface area contributed by atoms with Gasteiger partial charge in [0, 0.05) is 24.4 Å². The quantitative estimate of drug-likeness (QED) is 0.659. The molecule has 1 aromatic heterocycles. The number of amides is 1. The summed E-state index contributed by atoms with van der Waals surface area (Å²) in [5.74, 6) is -0.0753. The van der Waals surface area contributed by atoms with Gasteiger partial charge < -0.3 is 14.7 Å². The summed E-state index contributed by atoms with van der Waals surface area (Å²) in [6.45, 7) is 1.39. The zero-order valence-corrected chi connectivity index (χ0v) is 17.0. The van der Waals surface area contributed by atoms with Gasteiger partial charge in [0.05, 0.1) is 6.61 Å². The Kier molecular flexibility index (Phi) is 4.86. The van der Waals surface area contributed by atoms with Crippen LogP contribution in [0.5, 0.6) is 11.5 Å². The predicted octanol–water partition coefficient (Wildman–Crippen LogP) is 2.87. The van der Waals surface area contributed by atoms with Gasteiger partial charge in [-0.3, -0.25) is 19.3 Å². The average Bonchev–Trinajstić information content (AvgIpc) is 2.82. The van der Waals surface area contributed by atoms with E-state index >= 15 is 0 Å². The van der Waals surface area contributed by atoms with Gasteiger partial charge in [-0.25, -0.2) is 0 Å². The van der Waals surface area contributed by atoms with Crippen LogP contribution in [0.1, 0.15) is 40.5 Å². The van der Waals surface area contributed by atoms with Gasteiger partial charge in [-0.2, -0.15) is 0 Å². The second-order valence-electron chi connectivity index (χ2n) is 7.78. The van der Waals surface area contributed by atoms with E-state index in [1.165, 1.54) is 6.07 Å². The second kappa shape index (κ2) is 7.83. The van der Waals surface area contributed by atoms with E-state index in [1.807, 2.05) is 59.6 Å². The van der Waals surface area contributed by atoms with Gasteiger partial charge in [0.2, 0.25) is 5.43 Å². The molecule has 0 unspecified atom stereocenters. The van der Waals surface area contributed by atoms with Crippen molar-refractivity contribution in [1.82, 2.24) is 9.58 Å². The molecule has 0 fully saturated rings. The molecule has 2 aliphatic heterocycles. The number of fused-ring (bicyclic) bond motifs is 5. The number of aromatic nitrogens is 1. The number of rotatable bonds is 1. The van der Waals surface area contributed by atoms with Crippen molar-refractivity contribution < 1.29 is 14.6 Å². The lowest BCUT2D eigenvalue weighted by molar-refractivity contribution is 0.0676. The molecule has 7 heteroatoms.